The summed E-state index contributed by atoms with van der Waals surface area (Å²) in [4.78, 5) is 11.8. The van der Waals surface area contributed by atoms with Crippen LogP contribution < -0.4 is 5.56 Å². The maximum atomic E-state index is 11.8. The van der Waals surface area contributed by atoms with Crippen molar-refractivity contribution in [2.24, 2.45) is 5.92 Å². The van der Waals surface area contributed by atoms with E-state index in [-0.39, 0.29) is 5.56 Å². The number of aryl methyl sites for hydroxylation is 1. The number of benzene rings is 1. The van der Waals surface area contributed by atoms with E-state index in [4.69, 9.17) is 0 Å². The molecule has 1 aromatic heterocycles. The zero-order valence-electron chi connectivity index (χ0n) is 11.4. The Morgan fingerprint density at radius 3 is 2.33 bits per heavy atom. The van der Waals surface area contributed by atoms with Crippen molar-refractivity contribution >= 4 is 0 Å². The standard InChI is InChI=1S/C15H20N2O/c1-10(2)9-14-12(4)15(18)16-17(14)13-7-5-11(3)6-8-13/h5-8,10H,9H2,1-4H3,(H,16,18). The van der Waals surface area contributed by atoms with Crippen LogP contribution in [0.1, 0.15) is 30.7 Å². The number of hydrogen-bond acceptors (Lipinski definition) is 1. The summed E-state index contributed by atoms with van der Waals surface area (Å²) in [6.45, 7) is 8.27. The van der Waals surface area contributed by atoms with Gasteiger partial charge < -0.3 is 0 Å². The van der Waals surface area contributed by atoms with Crippen LogP contribution in [0.25, 0.3) is 5.69 Å². The van der Waals surface area contributed by atoms with Crippen LogP contribution in [0.15, 0.2) is 29.1 Å². The summed E-state index contributed by atoms with van der Waals surface area (Å²) < 4.78 is 1.91. The predicted octanol–water partition coefficient (Wildman–Crippen LogP) is 2.98. The average Bonchev–Trinajstić information content (AvgIpc) is 2.58. The quantitative estimate of drug-likeness (QED) is 0.885. The molecule has 3 nitrogen and oxygen atoms in total. The molecule has 2 rings (SSSR count). The first-order valence-electron chi connectivity index (χ1n) is 6.36. The molecule has 0 aliphatic heterocycles. The van der Waals surface area contributed by atoms with Gasteiger partial charge in [0.2, 0.25) is 0 Å². The van der Waals surface area contributed by atoms with Crippen molar-refractivity contribution in [2.45, 2.75) is 34.1 Å². The van der Waals surface area contributed by atoms with Crippen molar-refractivity contribution in [3.05, 3.63) is 51.4 Å². The fourth-order valence-electron chi connectivity index (χ4n) is 2.10. The minimum atomic E-state index is 0.00576. The SMILES string of the molecule is Cc1ccc(-n2[nH]c(=O)c(C)c2CC(C)C)cc1. The smallest absolute Gasteiger partial charge is 0.267 e. The summed E-state index contributed by atoms with van der Waals surface area (Å²) in [5.74, 6) is 0.524. The van der Waals surface area contributed by atoms with E-state index in [1.54, 1.807) is 0 Å². The van der Waals surface area contributed by atoms with Crippen LogP contribution in [0.5, 0.6) is 0 Å². The molecular weight excluding hydrogens is 224 g/mol. The highest BCUT2D eigenvalue weighted by molar-refractivity contribution is 5.36. The Kier molecular flexibility index (Phi) is 3.41. The molecule has 96 valence electrons. The number of nitrogens with zero attached hydrogens (tertiary/aromatic N) is 1. The van der Waals surface area contributed by atoms with Crippen LogP contribution in [0.4, 0.5) is 0 Å². The molecule has 0 saturated carbocycles. The van der Waals surface area contributed by atoms with Crippen molar-refractivity contribution in [1.29, 1.82) is 0 Å². The third kappa shape index (κ3) is 2.40. The van der Waals surface area contributed by atoms with Gasteiger partial charge in [0.05, 0.1) is 5.69 Å². The van der Waals surface area contributed by atoms with Gasteiger partial charge in [0.25, 0.3) is 5.56 Å². The van der Waals surface area contributed by atoms with Crippen molar-refractivity contribution in [1.82, 2.24) is 9.78 Å². The molecule has 0 radical (unpaired) electrons. The minimum Gasteiger partial charge on any atom is -0.268 e. The summed E-state index contributed by atoms with van der Waals surface area (Å²) >= 11 is 0. The minimum absolute atomic E-state index is 0.00576. The fraction of sp³-hybridized carbons (Fsp3) is 0.400. The lowest BCUT2D eigenvalue weighted by atomic mass is 10.1. The third-order valence-corrected chi connectivity index (χ3v) is 3.15. The second-order valence-corrected chi connectivity index (χ2v) is 5.28. The molecular formula is C15H20N2O. The normalized spacial score (nSPS) is 11.2. The maximum Gasteiger partial charge on any atom is 0.267 e. The number of aromatic amines is 1. The van der Waals surface area contributed by atoms with Gasteiger partial charge in [0.15, 0.2) is 0 Å². The second kappa shape index (κ2) is 4.84. The molecule has 0 saturated heterocycles. The summed E-state index contributed by atoms with van der Waals surface area (Å²) in [7, 11) is 0. The van der Waals surface area contributed by atoms with Crippen LogP contribution in [-0.4, -0.2) is 9.78 Å². The summed E-state index contributed by atoms with van der Waals surface area (Å²) in [6.07, 6.45) is 0.901. The fourth-order valence-corrected chi connectivity index (χ4v) is 2.10. The maximum absolute atomic E-state index is 11.8. The van der Waals surface area contributed by atoms with E-state index in [0.717, 1.165) is 23.4 Å². The van der Waals surface area contributed by atoms with Gasteiger partial charge in [-0.2, -0.15) is 0 Å². The predicted molar refractivity (Wildman–Crippen MR) is 74.4 cm³/mol. The first-order chi connectivity index (χ1) is 8.49. The molecule has 0 aliphatic carbocycles. The van der Waals surface area contributed by atoms with Crippen molar-refractivity contribution in [3.8, 4) is 5.69 Å². The topological polar surface area (TPSA) is 37.8 Å². The molecule has 0 atom stereocenters. The lowest BCUT2D eigenvalue weighted by molar-refractivity contribution is 0.614. The highest BCUT2D eigenvalue weighted by Crippen LogP contribution is 2.16. The summed E-state index contributed by atoms with van der Waals surface area (Å²) in [6, 6.07) is 8.19. The van der Waals surface area contributed by atoms with Crippen LogP contribution in [-0.2, 0) is 6.42 Å². The lowest BCUT2D eigenvalue weighted by Gasteiger charge is -2.11. The average molecular weight is 244 g/mol. The zero-order chi connectivity index (χ0) is 13.3. The number of hydrogen-bond donors (Lipinski definition) is 1. The van der Waals surface area contributed by atoms with E-state index < -0.39 is 0 Å². The second-order valence-electron chi connectivity index (χ2n) is 5.28. The van der Waals surface area contributed by atoms with E-state index in [0.29, 0.717) is 5.92 Å². The van der Waals surface area contributed by atoms with Gasteiger partial charge in [-0.05, 0) is 38.3 Å². The molecule has 0 fully saturated rings. The Hall–Kier alpha value is -1.77. The number of H-pyrrole nitrogens is 1. The van der Waals surface area contributed by atoms with E-state index in [2.05, 4.69) is 38.0 Å². The molecule has 0 aliphatic rings. The van der Waals surface area contributed by atoms with Gasteiger partial charge in [0, 0.05) is 11.3 Å². The molecule has 0 unspecified atom stereocenters. The molecule has 0 spiro atoms. The van der Waals surface area contributed by atoms with Gasteiger partial charge in [-0.25, -0.2) is 0 Å². The monoisotopic (exact) mass is 244 g/mol. The zero-order valence-corrected chi connectivity index (χ0v) is 11.4. The van der Waals surface area contributed by atoms with Gasteiger partial charge in [-0.1, -0.05) is 31.5 Å². The van der Waals surface area contributed by atoms with Gasteiger partial charge in [-0.15, -0.1) is 0 Å². The van der Waals surface area contributed by atoms with Crippen molar-refractivity contribution in [2.75, 3.05) is 0 Å². The molecule has 1 aromatic carbocycles. The molecule has 0 amide bonds. The molecule has 0 bridgehead atoms. The number of aromatic nitrogens is 2. The molecule has 2 aromatic rings. The van der Waals surface area contributed by atoms with Crippen LogP contribution >= 0.6 is 0 Å². The molecule has 1 heterocycles. The van der Waals surface area contributed by atoms with Gasteiger partial charge in [0.1, 0.15) is 0 Å². The Balaban J connectivity index is 2.53. The van der Waals surface area contributed by atoms with Gasteiger partial charge in [-0.3, -0.25) is 14.6 Å². The van der Waals surface area contributed by atoms with Crippen LogP contribution in [0.3, 0.4) is 0 Å². The van der Waals surface area contributed by atoms with E-state index in [1.807, 2.05) is 23.7 Å². The van der Waals surface area contributed by atoms with Crippen molar-refractivity contribution < 1.29 is 0 Å². The third-order valence-electron chi connectivity index (χ3n) is 3.15. The Morgan fingerprint density at radius 1 is 1.17 bits per heavy atom. The number of nitrogens with one attached hydrogen (secondary N) is 1. The van der Waals surface area contributed by atoms with Crippen molar-refractivity contribution in [3.63, 3.8) is 0 Å². The van der Waals surface area contributed by atoms with Crippen LogP contribution in [0.2, 0.25) is 0 Å². The highest BCUT2D eigenvalue weighted by atomic mass is 16.1. The first-order valence-corrected chi connectivity index (χ1v) is 6.36. The van der Waals surface area contributed by atoms with E-state index in [9.17, 15) is 4.79 Å². The first kappa shape index (κ1) is 12.7. The summed E-state index contributed by atoms with van der Waals surface area (Å²) in [5.41, 5.74) is 4.14. The molecule has 3 heteroatoms. The Bertz CT molecular complexity index is 588. The van der Waals surface area contributed by atoms with Gasteiger partial charge >= 0.3 is 0 Å². The Morgan fingerprint density at radius 2 is 1.78 bits per heavy atom. The van der Waals surface area contributed by atoms with E-state index >= 15 is 0 Å². The molecule has 18 heavy (non-hydrogen) atoms. The highest BCUT2D eigenvalue weighted by Gasteiger charge is 2.13. The van der Waals surface area contributed by atoms with Crippen LogP contribution in [0, 0.1) is 19.8 Å². The largest absolute Gasteiger partial charge is 0.268 e. The molecule has 1 N–H and O–H groups in total. The number of rotatable bonds is 3. The van der Waals surface area contributed by atoms with E-state index in [1.165, 1.54) is 5.56 Å². The summed E-state index contributed by atoms with van der Waals surface area (Å²) in [5, 5.41) is 2.92. The lowest BCUT2D eigenvalue weighted by Crippen LogP contribution is -2.07. The Labute approximate surface area is 107 Å².